The number of hydrogen-bond acceptors (Lipinski definition) is 7. The van der Waals surface area contributed by atoms with Crippen LogP contribution in [0.15, 0.2) is 62.7 Å². The Morgan fingerprint density at radius 2 is 1.77 bits per heavy atom. The number of benzene rings is 2. The first-order valence-electron chi connectivity index (χ1n) is 8.80. The number of aromatic nitrogens is 2. The van der Waals surface area contributed by atoms with Gasteiger partial charge in [-0.05, 0) is 48.5 Å². The first-order valence-corrected chi connectivity index (χ1v) is 11.6. The van der Waals surface area contributed by atoms with Crippen molar-refractivity contribution < 1.29 is 17.6 Å². The fraction of sp³-hybridized carbons (Fsp3) is 0.211. The third kappa shape index (κ3) is 5.60. The van der Waals surface area contributed by atoms with E-state index >= 15 is 0 Å². The predicted octanol–water partition coefficient (Wildman–Crippen LogP) is 3.76. The maximum Gasteiger partial charge on any atom is 0.322 e. The van der Waals surface area contributed by atoms with Crippen LogP contribution >= 0.6 is 23.4 Å². The second kappa shape index (κ2) is 9.61. The van der Waals surface area contributed by atoms with Gasteiger partial charge in [-0.25, -0.2) is 12.7 Å². The summed E-state index contributed by atoms with van der Waals surface area (Å²) in [5.74, 6) is 0.504. The molecule has 8 nitrogen and oxygen atoms in total. The van der Waals surface area contributed by atoms with E-state index in [1.165, 1.54) is 38.0 Å². The van der Waals surface area contributed by atoms with Crippen LogP contribution in [0, 0.1) is 0 Å². The lowest BCUT2D eigenvalue weighted by Gasteiger charge is -2.11. The Morgan fingerprint density at radius 3 is 2.40 bits per heavy atom. The van der Waals surface area contributed by atoms with Gasteiger partial charge in [0.15, 0.2) is 0 Å². The van der Waals surface area contributed by atoms with Gasteiger partial charge in [-0.3, -0.25) is 10.1 Å². The van der Waals surface area contributed by atoms with Gasteiger partial charge in [0.2, 0.25) is 21.8 Å². The molecule has 1 N–H and O–H groups in total. The van der Waals surface area contributed by atoms with Crippen LogP contribution in [0.3, 0.4) is 0 Å². The SMILES string of the molecule is CN(C)S(=O)(=O)c1ccc(-c2nnc(NC(=O)CCSc3ccc(Cl)cc3)o2)cc1. The monoisotopic (exact) mass is 466 g/mol. The van der Waals surface area contributed by atoms with Gasteiger partial charge in [-0.15, -0.1) is 16.9 Å². The molecule has 30 heavy (non-hydrogen) atoms. The zero-order valence-electron chi connectivity index (χ0n) is 16.2. The number of halogens is 1. The molecule has 158 valence electrons. The first kappa shape index (κ1) is 22.3. The van der Waals surface area contributed by atoms with Crippen LogP contribution < -0.4 is 5.32 Å². The Bertz CT molecular complexity index is 1110. The number of nitrogens with one attached hydrogen (secondary N) is 1. The third-order valence-electron chi connectivity index (χ3n) is 3.96. The van der Waals surface area contributed by atoms with Crippen molar-refractivity contribution in [1.82, 2.24) is 14.5 Å². The molecule has 1 heterocycles. The molecule has 0 aliphatic heterocycles. The van der Waals surface area contributed by atoms with Crippen LogP contribution in [0.1, 0.15) is 6.42 Å². The smallest absolute Gasteiger partial charge is 0.322 e. The van der Waals surface area contributed by atoms with Gasteiger partial charge in [0.25, 0.3) is 0 Å². The van der Waals surface area contributed by atoms with Gasteiger partial charge in [0.05, 0.1) is 4.90 Å². The molecule has 2 aromatic carbocycles. The van der Waals surface area contributed by atoms with Crippen LogP contribution in [0.25, 0.3) is 11.5 Å². The summed E-state index contributed by atoms with van der Waals surface area (Å²) in [5.41, 5.74) is 0.541. The number of nitrogens with zero attached hydrogens (tertiary/aromatic N) is 3. The van der Waals surface area contributed by atoms with Gasteiger partial charge >= 0.3 is 6.01 Å². The summed E-state index contributed by atoms with van der Waals surface area (Å²) in [4.78, 5) is 13.3. The topological polar surface area (TPSA) is 105 Å². The van der Waals surface area contributed by atoms with Gasteiger partial charge in [-0.1, -0.05) is 16.7 Å². The lowest BCUT2D eigenvalue weighted by Crippen LogP contribution is -2.22. The highest BCUT2D eigenvalue weighted by Gasteiger charge is 2.18. The molecule has 3 aromatic rings. The normalized spacial score (nSPS) is 11.6. The van der Waals surface area contributed by atoms with E-state index in [1.807, 2.05) is 12.1 Å². The van der Waals surface area contributed by atoms with E-state index in [4.69, 9.17) is 16.0 Å². The summed E-state index contributed by atoms with van der Waals surface area (Å²) in [5, 5.41) is 10.9. The van der Waals surface area contributed by atoms with Crippen LogP contribution in [0.5, 0.6) is 0 Å². The molecule has 0 bridgehead atoms. The van der Waals surface area contributed by atoms with Crippen molar-refractivity contribution in [2.24, 2.45) is 0 Å². The summed E-state index contributed by atoms with van der Waals surface area (Å²) < 4.78 is 30.8. The number of carbonyl (C=O) groups excluding carboxylic acids is 1. The minimum absolute atomic E-state index is 0.0171. The van der Waals surface area contributed by atoms with Crippen LogP contribution in [-0.4, -0.2) is 48.7 Å². The first-order chi connectivity index (χ1) is 14.3. The van der Waals surface area contributed by atoms with Crippen molar-refractivity contribution in [2.75, 3.05) is 25.2 Å². The Morgan fingerprint density at radius 1 is 1.10 bits per heavy atom. The second-order valence-corrected chi connectivity index (χ2v) is 10.1. The van der Waals surface area contributed by atoms with Gasteiger partial charge < -0.3 is 4.42 Å². The van der Waals surface area contributed by atoms with Crippen LogP contribution in [-0.2, 0) is 14.8 Å². The maximum absolute atomic E-state index is 12.1. The molecule has 0 fully saturated rings. The lowest BCUT2D eigenvalue weighted by atomic mass is 10.2. The Labute approximate surface area is 183 Å². The van der Waals surface area contributed by atoms with Crippen molar-refractivity contribution in [3.63, 3.8) is 0 Å². The molecule has 1 amide bonds. The molecule has 0 saturated carbocycles. The second-order valence-electron chi connectivity index (χ2n) is 6.32. The van der Waals surface area contributed by atoms with Crippen LogP contribution in [0.4, 0.5) is 6.01 Å². The summed E-state index contributed by atoms with van der Waals surface area (Å²) in [6.07, 6.45) is 0.266. The summed E-state index contributed by atoms with van der Waals surface area (Å²) in [7, 11) is -0.592. The van der Waals surface area contributed by atoms with Crippen molar-refractivity contribution >= 4 is 45.3 Å². The third-order valence-corrected chi connectivity index (χ3v) is 7.06. The predicted molar refractivity (Wildman–Crippen MR) is 116 cm³/mol. The Hall–Kier alpha value is -2.40. The molecule has 1 aromatic heterocycles. The molecule has 0 saturated heterocycles. The van der Waals surface area contributed by atoms with Gasteiger partial charge in [-0.2, -0.15) is 0 Å². The molecular weight excluding hydrogens is 448 g/mol. The highest BCUT2D eigenvalue weighted by Crippen LogP contribution is 2.23. The fourth-order valence-electron chi connectivity index (χ4n) is 2.34. The molecular formula is C19H19ClN4O4S2. The molecule has 0 radical (unpaired) electrons. The van der Waals surface area contributed by atoms with E-state index in [9.17, 15) is 13.2 Å². The number of hydrogen-bond donors (Lipinski definition) is 1. The van der Waals surface area contributed by atoms with E-state index in [1.54, 1.807) is 24.3 Å². The lowest BCUT2D eigenvalue weighted by molar-refractivity contribution is -0.115. The zero-order chi connectivity index (χ0) is 21.7. The molecule has 0 aliphatic carbocycles. The number of rotatable bonds is 8. The van der Waals surface area contributed by atoms with E-state index in [0.29, 0.717) is 16.3 Å². The van der Waals surface area contributed by atoms with Gasteiger partial charge in [0, 0.05) is 41.8 Å². The summed E-state index contributed by atoms with van der Waals surface area (Å²) in [6, 6.07) is 13.4. The number of amides is 1. The minimum atomic E-state index is -3.52. The van der Waals surface area contributed by atoms with Crippen molar-refractivity contribution in [1.29, 1.82) is 0 Å². The maximum atomic E-state index is 12.1. The highest BCUT2D eigenvalue weighted by molar-refractivity contribution is 7.99. The van der Waals surface area contributed by atoms with E-state index in [0.717, 1.165) is 9.20 Å². The average Bonchev–Trinajstić information content (AvgIpc) is 3.18. The molecule has 0 atom stereocenters. The largest absolute Gasteiger partial charge is 0.403 e. The molecule has 0 unspecified atom stereocenters. The van der Waals surface area contributed by atoms with E-state index < -0.39 is 10.0 Å². The quantitative estimate of drug-likeness (QED) is 0.504. The van der Waals surface area contributed by atoms with Crippen molar-refractivity contribution in [2.45, 2.75) is 16.2 Å². The molecule has 11 heteroatoms. The Balaban J connectivity index is 1.55. The molecule has 0 aliphatic rings. The van der Waals surface area contributed by atoms with Crippen molar-refractivity contribution in [3.8, 4) is 11.5 Å². The number of anilines is 1. The van der Waals surface area contributed by atoms with E-state index in [-0.39, 0.29) is 29.1 Å². The number of sulfonamides is 1. The van der Waals surface area contributed by atoms with Crippen molar-refractivity contribution in [3.05, 3.63) is 53.6 Å². The fourth-order valence-corrected chi connectivity index (χ4v) is 4.22. The Kier molecular flexibility index (Phi) is 7.14. The van der Waals surface area contributed by atoms with E-state index in [2.05, 4.69) is 15.5 Å². The minimum Gasteiger partial charge on any atom is -0.403 e. The summed E-state index contributed by atoms with van der Waals surface area (Å²) >= 11 is 7.38. The highest BCUT2D eigenvalue weighted by atomic mass is 35.5. The molecule has 3 rings (SSSR count). The van der Waals surface area contributed by atoms with Gasteiger partial charge in [0.1, 0.15) is 0 Å². The zero-order valence-corrected chi connectivity index (χ0v) is 18.6. The standard InChI is InChI=1S/C19H19ClN4O4S2/c1-24(2)30(26,27)16-9-3-13(4-10-16)18-22-23-19(28-18)21-17(25)11-12-29-15-7-5-14(20)6-8-15/h3-10H,11-12H2,1-2H3,(H,21,23,25). The average molecular weight is 467 g/mol. The van der Waals surface area contributed by atoms with Crippen LogP contribution in [0.2, 0.25) is 5.02 Å². The number of thioether (sulfide) groups is 1. The number of carbonyl (C=O) groups is 1. The molecule has 0 spiro atoms. The summed E-state index contributed by atoms with van der Waals surface area (Å²) in [6.45, 7) is 0.